The molecule has 1 aromatic heterocycles. The summed E-state index contributed by atoms with van der Waals surface area (Å²) in [5.74, 6) is 0.811. The van der Waals surface area contributed by atoms with E-state index in [-0.39, 0.29) is 6.61 Å². The summed E-state index contributed by atoms with van der Waals surface area (Å²) < 4.78 is 0.697. The van der Waals surface area contributed by atoms with E-state index in [1.165, 1.54) is 0 Å². The lowest BCUT2D eigenvalue weighted by Crippen LogP contribution is -1.82. The van der Waals surface area contributed by atoms with Crippen LogP contribution in [0.4, 0.5) is 0 Å². The van der Waals surface area contributed by atoms with Gasteiger partial charge in [-0.1, -0.05) is 0 Å². The third-order valence-electron chi connectivity index (χ3n) is 1.00. The largest absolute Gasteiger partial charge is 0.390 e. The van der Waals surface area contributed by atoms with E-state index in [9.17, 15) is 0 Å². The molecule has 0 atom stereocenters. The highest BCUT2D eigenvalue weighted by molar-refractivity contribution is 9.10. The Kier molecular flexibility index (Phi) is 1.87. The molecule has 0 bridgehead atoms. The van der Waals surface area contributed by atoms with Gasteiger partial charge in [-0.25, -0.2) is 4.98 Å². The molecule has 9 heavy (non-hydrogen) atoms. The van der Waals surface area contributed by atoms with Gasteiger partial charge in [0.1, 0.15) is 10.4 Å². The summed E-state index contributed by atoms with van der Waals surface area (Å²) in [6, 6.07) is 0. The Hall–Kier alpha value is -0.350. The van der Waals surface area contributed by atoms with Crippen molar-refractivity contribution in [3.05, 3.63) is 16.1 Å². The third-order valence-corrected chi connectivity index (χ3v) is 1.66. The second-order valence-electron chi connectivity index (χ2n) is 1.75. The Balaban J connectivity index is 3.01. The van der Waals surface area contributed by atoms with Crippen molar-refractivity contribution in [2.45, 2.75) is 13.5 Å². The summed E-state index contributed by atoms with van der Waals surface area (Å²) in [6.45, 7) is 1.84. The van der Waals surface area contributed by atoms with Crippen LogP contribution in [0.5, 0.6) is 0 Å². The number of halogens is 1. The van der Waals surface area contributed by atoms with E-state index < -0.39 is 0 Å². The van der Waals surface area contributed by atoms with Crippen LogP contribution in [0.2, 0.25) is 0 Å². The first-order chi connectivity index (χ1) is 4.24. The SMILES string of the molecule is Cc1nc(Br)c(CO)[nH]1. The molecule has 1 heterocycles. The van der Waals surface area contributed by atoms with E-state index in [4.69, 9.17) is 5.11 Å². The molecule has 0 amide bonds. The van der Waals surface area contributed by atoms with E-state index in [1.807, 2.05) is 6.92 Å². The molecule has 2 N–H and O–H groups in total. The van der Waals surface area contributed by atoms with Crippen molar-refractivity contribution in [1.82, 2.24) is 9.97 Å². The van der Waals surface area contributed by atoms with Crippen LogP contribution in [-0.4, -0.2) is 15.1 Å². The number of rotatable bonds is 1. The molecule has 0 radical (unpaired) electrons. The quantitative estimate of drug-likeness (QED) is 0.694. The van der Waals surface area contributed by atoms with Crippen molar-refractivity contribution in [1.29, 1.82) is 0 Å². The number of aliphatic hydroxyl groups is 1. The molecule has 0 saturated carbocycles. The first-order valence-corrected chi connectivity index (χ1v) is 3.35. The molecular weight excluding hydrogens is 184 g/mol. The van der Waals surface area contributed by atoms with Crippen LogP contribution in [0.1, 0.15) is 11.5 Å². The second kappa shape index (κ2) is 2.49. The summed E-state index contributed by atoms with van der Waals surface area (Å²) in [7, 11) is 0. The van der Waals surface area contributed by atoms with Gasteiger partial charge in [-0.3, -0.25) is 0 Å². The predicted octanol–water partition coefficient (Wildman–Crippen LogP) is 0.973. The van der Waals surface area contributed by atoms with E-state index >= 15 is 0 Å². The summed E-state index contributed by atoms with van der Waals surface area (Å²) in [5, 5.41) is 8.63. The van der Waals surface area contributed by atoms with E-state index in [1.54, 1.807) is 0 Å². The standard InChI is InChI=1S/C5H7BrN2O/c1-3-7-4(2-9)5(6)8-3/h9H,2H2,1H3,(H,7,8). The van der Waals surface area contributed by atoms with Crippen molar-refractivity contribution in [2.75, 3.05) is 0 Å². The number of nitrogens with one attached hydrogen (secondary N) is 1. The maximum Gasteiger partial charge on any atom is 0.129 e. The number of aryl methyl sites for hydroxylation is 1. The molecular formula is C5H7BrN2O. The van der Waals surface area contributed by atoms with Gasteiger partial charge >= 0.3 is 0 Å². The van der Waals surface area contributed by atoms with Crippen LogP contribution in [0.25, 0.3) is 0 Å². The normalized spacial score (nSPS) is 10.1. The number of nitrogens with zero attached hydrogens (tertiary/aromatic N) is 1. The smallest absolute Gasteiger partial charge is 0.129 e. The number of aliphatic hydroxyl groups excluding tert-OH is 1. The number of hydrogen-bond donors (Lipinski definition) is 2. The average Bonchev–Trinajstić information content (AvgIpc) is 2.10. The summed E-state index contributed by atoms with van der Waals surface area (Å²) in [4.78, 5) is 6.87. The minimum absolute atomic E-state index is 0.00141. The highest BCUT2D eigenvalue weighted by Gasteiger charge is 2.01. The Morgan fingerprint density at radius 3 is 2.67 bits per heavy atom. The molecule has 0 aliphatic carbocycles. The molecule has 0 aliphatic rings. The van der Waals surface area contributed by atoms with E-state index in [0.717, 1.165) is 11.5 Å². The molecule has 1 rings (SSSR count). The Bertz CT molecular complexity index is 209. The molecule has 0 aliphatic heterocycles. The molecule has 0 spiro atoms. The first-order valence-electron chi connectivity index (χ1n) is 2.56. The molecule has 50 valence electrons. The number of hydrogen-bond acceptors (Lipinski definition) is 2. The van der Waals surface area contributed by atoms with Crippen LogP contribution in [0.3, 0.4) is 0 Å². The monoisotopic (exact) mass is 190 g/mol. The van der Waals surface area contributed by atoms with Gasteiger partial charge in [-0.05, 0) is 22.9 Å². The van der Waals surface area contributed by atoms with Crippen LogP contribution >= 0.6 is 15.9 Å². The number of imidazole rings is 1. The van der Waals surface area contributed by atoms with Gasteiger partial charge in [0.2, 0.25) is 0 Å². The summed E-state index contributed by atoms with van der Waals surface area (Å²) >= 11 is 3.17. The summed E-state index contributed by atoms with van der Waals surface area (Å²) in [5.41, 5.74) is 0.729. The van der Waals surface area contributed by atoms with E-state index in [2.05, 4.69) is 25.9 Å². The van der Waals surface area contributed by atoms with Crippen LogP contribution in [0, 0.1) is 6.92 Å². The highest BCUT2D eigenvalue weighted by Crippen LogP contribution is 2.11. The van der Waals surface area contributed by atoms with Gasteiger partial charge in [-0.15, -0.1) is 0 Å². The average molecular weight is 191 g/mol. The lowest BCUT2D eigenvalue weighted by Gasteiger charge is -1.85. The van der Waals surface area contributed by atoms with Crippen molar-refractivity contribution in [2.24, 2.45) is 0 Å². The maximum atomic E-state index is 8.63. The van der Waals surface area contributed by atoms with Crippen molar-refractivity contribution in [3.63, 3.8) is 0 Å². The van der Waals surface area contributed by atoms with Gasteiger partial charge < -0.3 is 10.1 Å². The fourth-order valence-electron chi connectivity index (χ4n) is 0.617. The zero-order chi connectivity index (χ0) is 6.85. The van der Waals surface area contributed by atoms with Gasteiger partial charge in [0.15, 0.2) is 0 Å². The Morgan fingerprint density at radius 2 is 2.44 bits per heavy atom. The molecule has 4 heteroatoms. The maximum absolute atomic E-state index is 8.63. The molecule has 0 fully saturated rings. The minimum Gasteiger partial charge on any atom is -0.390 e. The van der Waals surface area contributed by atoms with Gasteiger partial charge in [0.05, 0.1) is 12.3 Å². The van der Waals surface area contributed by atoms with Crippen molar-refractivity contribution >= 4 is 15.9 Å². The molecule has 0 unspecified atom stereocenters. The number of aromatic amines is 1. The number of H-pyrrole nitrogens is 1. The second-order valence-corrected chi connectivity index (χ2v) is 2.50. The molecule has 0 aromatic carbocycles. The lowest BCUT2D eigenvalue weighted by atomic mass is 10.5. The van der Waals surface area contributed by atoms with Crippen LogP contribution in [-0.2, 0) is 6.61 Å². The fourth-order valence-corrected chi connectivity index (χ4v) is 1.11. The highest BCUT2D eigenvalue weighted by atomic mass is 79.9. The van der Waals surface area contributed by atoms with Crippen molar-refractivity contribution in [3.8, 4) is 0 Å². The molecule has 1 aromatic rings. The van der Waals surface area contributed by atoms with Gasteiger partial charge in [0, 0.05) is 0 Å². The lowest BCUT2D eigenvalue weighted by molar-refractivity contribution is 0.276. The zero-order valence-electron chi connectivity index (χ0n) is 4.98. The number of aromatic nitrogens is 2. The third kappa shape index (κ3) is 1.31. The molecule has 0 saturated heterocycles. The van der Waals surface area contributed by atoms with E-state index in [0.29, 0.717) is 4.60 Å². The van der Waals surface area contributed by atoms with Gasteiger partial charge in [0.25, 0.3) is 0 Å². The first kappa shape index (κ1) is 6.77. The fraction of sp³-hybridized carbons (Fsp3) is 0.400. The predicted molar refractivity (Wildman–Crippen MR) is 36.9 cm³/mol. The zero-order valence-corrected chi connectivity index (χ0v) is 6.57. The Labute approximate surface area is 61.3 Å². The van der Waals surface area contributed by atoms with Gasteiger partial charge in [-0.2, -0.15) is 0 Å². The van der Waals surface area contributed by atoms with Crippen LogP contribution in [0.15, 0.2) is 4.60 Å². The van der Waals surface area contributed by atoms with Crippen LogP contribution < -0.4 is 0 Å². The summed E-state index contributed by atoms with van der Waals surface area (Å²) in [6.07, 6.45) is 0. The Morgan fingerprint density at radius 1 is 1.78 bits per heavy atom. The van der Waals surface area contributed by atoms with Crippen molar-refractivity contribution < 1.29 is 5.11 Å². The topological polar surface area (TPSA) is 48.9 Å². The minimum atomic E-state index is 0.00141. The molecule has 3 nitrogen and oxygen atoms in total.